The first kappa shape index (κ1) is 30.6. The molecular formula is C20H39LiO7S. The summed E-state index contributed by atoms with van der Waals surface area (Å²) in [7, 11) is -5.10. The molecule has 0 heterocycles. The Hall–Kier alpha value is -0.553. The predicted octanol–water partition coefficient (Wildman–Crippen LogP) is 2.02. The van der Waals surface area contributed by atoms with Crippen molar-refractivity contribution in [3.05, 3.63) is 0 Å². The Morgan fingerprint density at radius 1 is 0.828 bits per heavy atom. The molecule has 29 heavy (non-hydrogen) atoms. The number of hydrogen-bond donors (Lipinski definition) is 3. The minimum Gasteiger partial charge on any atom is -1.00 e. The van der Waals surface area contributed by atoms with Crippen molar-refractivity contribution in [3.63, 3.8) is 0 Å². The Morgan fingerprint density at radius 2 is 1.24 bits per heavy atom. The molecule has 0 saturated heterocycles. The van der Waals surface area contributed by atoms with Gasteiger partial charge >= 0.3 is 30.8 Å². The van der Waals surface area contributed by atoms with Gasteiger partial charge in [-0.1, -0.05) is 90.9 Å². The minimum atomic E-state index is -5.10. The van der Waals surface area contributed by atoms with Gasteiger partial charge in [-0.25, -0.2) is 0 Å². The van der Waals surface area contributed by atoms with Crippen molar-refractivity contribution in [1.82, 2.24) is 0 Å². The van der Waals surface area contributed by atoms with E-state index in [1.165, 1.54) is 0 Å². The second kappa shape index (κ2) is 16.2. The fraction of sp³-hybridized carbons (Fsp3) is 0.900. The molecule has 0 aliphatic carbocycles. The quantitative estimate of drug-likeness (QED) is 0.172. The number of aliphatic carboxylic acids is 2. The van der Waals surface area contributed by atoms with Crippen molar-refractivity contribution < 1.29 is 53.1 Å². The van der Waals surface area contributed by atoms with E-state index in [2.05, 4.69) is 13.8 Å². The van der Waals surface area contributed by atoms with Crippen molar-refractivity contribution in [1.29, 1.82) is 0 Å². The largest absolute Gasteiger partial charge is 1.00 e. The second-order valence-electron chi connectivity index (χ2n) is 7.63. The van der Waals surface area contributed by atoms with Gasteiger partial charge in [0.05, 0.1) is 5.92 Å². The summed E-state index contributed by atoms with van der Waals surface area (Å²) in [4.78, 5) is 23.8. The van der Waals surface area contributed by atoms with Gasteiger partial charge in [0.25, 0.3) is 10.1 Å². The monoisotopic (exact) mass is 430 g/mol. The van der Waals surface area contributed by atoms with E-state index in [1.807, 2.05) is 0 Å². The fourth-order valence-corrected chi connectivity index (χ4v) is 4.90. The van der Waals surface area contributed by atoms with Gasteiger partial charge in [0.15, 0.2) is 0 Å². The fourth-order valence-electron chi connectivity index (χ4n) is 3.70. The number of carboxylic acid groups (broad SMARTS) is 2. The third-order valence-electron chi connectivity index (χ3n) is 5.43. The van der Waals surface area contributed by atoms with E-state index < -0.39 is 32.7 Å². The Morgan fingerprint density at radius 3 is 1.62 bits per heavy atom. The van der Waals surface area contributed by atoms with E-state index in [1.54, 1.807) is 0 Å². The molecule has 7 nitrogen and oxygen atoms in total. The summed E-state index contributed by atoms with van der Waals surface area (Å²) in [5, 5.41) is 19.3. The molecule has 0 saturated carbocycles. The molecule has 0 spiro atoms. The van der Waals surface area contributed by atoms with Crippen LogP contribution in [0.15, 0.2) is 0 Å². The van der Waals surface area contributed by atoms with Crippen LogP contribution in [0.25, 0.3) is 0 Å². The molecule has 0 aromatic rings. The van der Waals surface area contributed by atoms with E-state index in [0.717, 1.165) is 51.4 Å². The summed E-state index contributed by atoms with van der Waals surface area (Å²) >= 11 is 0. The first-order valence-electron chi connectivity index (χ1n) is 10.6. The van der Waals surface area contributed by atoms with Crippen LogP contribution in [0.5, 0.6) is 0 Å². The zero-order valence-electron chi connectivity index (χ0n) is 19.4. The van der Waals surface area contributed by atoms with Gasteiger partial charge < -0.3 is 11.6 Å². The third kappa shape index (κ3) is 10.3. The smallest absolute Gasteiger partial charge is 1.00 e. The molecule has 0 fully saturated rings. The Balaban J connectivity index is -0.00000364. The normalized spacial score (nSPS) is 14.6. The number of unbranched alkanes of at least 4 members (excludes halogenated alkanes) is 10. The van der Waals surface area contributed by atoms with Crippen molar-refractivity contribution >= 4 is 22.1 Å². The molecule has 0 aliphatic heterocycles. The number of rotatable bonds is 18. The van der Waals surface area contributed by atoms with Crippen LogP contribution in [-0.2, 0) is 19.7 Å². The molecule has 3 N–H and O–H groups in total. The van der Waals surface area contributed by atoms with Crippen molar-refractivity contribution in [2.24, 2.45) is 5.92 Å². The molecule has 0 aromatic carbocycles. The molecule has 9 heteroatoms. The molecule has 2 unspecified atom stereocenters. The van der Waals surface area contributed by atoms with Crippen molar-refractivity contribution in [2.75, 3.05) is 0 Å². The average Bonchev–Trinajstić information content (AvgIpc) is 2.60. The summed E-state index contributed by atoms with van der Waals surface area (Å²) in [5.74, 6) is -4.93. The van der Waals surface area contributed by atoms with Crippen LogP contribution in [0.4, 0.5) is 0 Å². The van der Waals surface area contributed by atoms with Crippen LogP contribution < -0.4 is 18.9 Å². The number of carbonyl (C=O) groups is 2. The summed E-state index contributed by atoms with van der Waals surface area (Å²) in [6.45, 7) is 4.14. The minimum absolute atomic E-state index is 0. The number of hydrogen-bond acceptors (Lipinski definition) is 4. The van der Waals surface area contributed by atoms with Gasteiger partial charge in [-0.05, 0) is 12.8 Å². The Kier molecular flexibility index (Phi) is 17.1. The first-order valence-corrected chi connectivity index (χ1v) is 12.0. The van der Waals surface area contributed by atoms with Gasteiger partial charge in [0.2, 0.25) is 4.75 Å². The summed E-state index contributed by atoms with van der Waals surface area (Å²) < 4.78 is 31.3. The van der Waals surface area contributed by atoms with Gasteiger partial charge in [0, 0.05) is 0 Å². The molecule has 0 radical (unpaired) electrons. The molecule has 0 bridgehead atoms. The van der Waals surface area contributed by atoms with Gasteiger partial charge in [-0.15, -0.1) is 0 Å². The molecule has 168 valence electrons. The van der Waals surface area contributed by atoms with Crippen molar-refractivity contribution in [3.8, 4) is 0 Å². The van der Waals surface area contributed by atoms with E-state index in [-0.39, 0.29) is 39.5 Å². The van der Waals surface area contributed by atoms with Crippen LogP contribution >= 0.6 is 0 Å². The summed E-state index contributed by atoms with van der Waals surface area (Å²) in [6.07, 6.45) is 9.43. The van der Waals surface area contributed by atoms with Crippen LogP contribution in [0.2, 0.25) is 0 Å². The molecular weight excluding hydrogens is 391 g/mol. The maximum atomic E-state index is 12.1. The van der Waals surface area contributed by atoms with Crippen LogP contribution in [0.1, 0.15) is 105 Å². The van der Waals surface area contributed by atoms with Crippen LogP contribution in [0.3, 0.4) is 0 Å². The van der Waals surface area contributed by atoms with Crippen LogP contribution in [0, 0.1) is 5.92 Å². The topological polar surface area (TPSA) is 129 Å². The summed E-state index contributed by atoms with van der Waals surface area (Å²) in [5.41, 5.74) is 0. The van der Waals surface area contributed by atoms with Crippen LogP contribution in [-0.4, -0.2) is 39.9 Å². The zero-order valence-corrected chi connectivity index (χ0v) is 19.2. The van der Waals surface area contributed by atoms with Gasteiger partial charge in [0.1, 0.15) is 0 Å². The standard InChI is InChI=1S/C20H38O7S.Li.H/c1-3-5-7-9-11-13-15-17(18(21)22)20(19(23)24,28(25,26)27)16-14-12-10-8-6-4-2;;/h17H,3-16H2,1-2H3,(H,21,22)(H,23,24)(H,25,26,27);;/q;+1;-1. The molecule has 0 aliphatic rings. The molecule has 0 rings (SSSR count). The van der Waals surface area contributed by atoms with E-state index in [4.69, 9.17) is 0 Å². The van der Waals surface area contributed by atoms with E-state index in [0.29, 0.717) is 19.3 Å². The maximum Gasteiger partial charge on any atom is 1.00 e. The Labute approximate surface area is 189 Å². The maximum absolute atomic E-state index is 12.1. The molecule has 2 atom stereocenters. The first-order chi connectivity index (χ1) is 13.1. The SMILES string of the molecule is CCCCCCCCC(C(=O)O)C(CCCCCCCC)(C(=O)O)S(=O)(=O)O.[H-].[Li+]. The van der Waals surface area contributed by atoms with E-state index in [9.17, 15) is 32.8 Å². The van der Waals surface area contributed by atoms with Gasteiger partial charge in [-0.3, -0.25) is 14.1 Å². The Bertz CT molecular complexity index is 572. The predicted molar refractivity (Wildman–Crippen MR) is 110 cm³/mol. The zero-order chi connectivity index (χ0) is 21.6. The van der Waals surface area contributed by atoms with Crippen molar-refractivity contribution in [2.45, 2.75) is 108 Å². The molecule has 0 aromatic heterocycles. The van der Waals surface area contributed by atoms with E-state index >= 15 is 0 Å². The summed E-state index contributed by atoms with van der Waals surface area (Å²) in [6, 6.07) is 0. The molecule has 0 amide bonds. The third-order valence-corrected chi connectivity index (χ3v) is 7.02. The van der Waals surface area contributed by atoms with Gasteiger partial charge in [-0.2, -0.15) is 8.42 Å². The second-order valence-corrected chi connectivity index (χ2v) is 9.31. The number of carboxylic acids is 2. The average molecular weight is 431 g/mol.